The SMILES string of the molecule is COC(=O)c1ccc(-c2cc(C(=O)O)c3c(ccc4ccccc43)n2)cc1. The molecule has 0 saturated heterocycles. The van der Waals surface area contributed by atoms with Crippen LogP contribution in [0.5, 0.6) is 0 Å². The lowest BCUT2D eigenvalue weighted by Crippen LogP contribution is -2.02. The Morgan fingerprint density at radius 1 is 0.963 bits per heavy atom. The first kappa shape index (κ1) is 16.7. The number of pyridine rings is 1. The maximum absolute atomic E-state index is 11.9. The van der Waals surface area contributed by atoms with Gasteiger partial charge in [-0.3, -0.25) is 0 Å². The molecule has 0 bridgehead atoms. The quantitative estimate of drug-likeness (QED) is 0.430. The van der Waals surface area contributed by atoms with Gasteiger partial charge in [0.15, 0.2) is 0 Å². The zero-order chi connectivity index (χ0) is 19.0. The van der Waals surface area contributed by atoms with Crippen LogP contribution in [0.1, 0.15) is 20.7 Å². The molecule has 4 aromatic rings. The fraction of sp³-hybridized carbons (Fsp3) is 0.0455. The zero-order valence-corrected chi connectivity index (χ0v) is 14.5. The van der Waals surface area contributed by atoms with Gasteiger partial charge in [-0.05, 0) is 35.0 Å². The second kappa shape index (κ2) is 6.53. The number of fused-ring (bicyclic) bond motifs is 3. The summed E-state index contributed by atoms with van der Waals surface area (Å²) in [5.74, 6) is -1.43. The molecule has 0 aliphatic rings. The van der Waals surface area contributed by atoms with Crippen LogP contribution in [0.25, 0.3) is 32.9 Å². The molecule has 0 aliphatic carbocycles. The molecule has 0 spiro atoms. The Hall–Kier alpha value is -3.73. The fourth-order valence-corrected chi connectivity index (χ4v) is 3.22. The lowest BCUT2D eigenvalue weighted by molar-refractivity contribution is 0.0600. The van der Waals surface area contributed by atoms with E-state index < -0.39 is 11.9 Å². The van der Waals surface area contributed by atoms with E-state index in [9.17, 15) is 14.7 Å². The summed E-state index contributed by atoms with van der Waals surface area (Å²) in [7, 11) is 1.32. The van der Waals surface area contributed by atoms with Crippen molar-refractivity contribution in [2.24, 2.45) is 0 Å². The molecule has 0 unspecified atom stereocenters. The molecule has 132 valence electrons. The van der Waals surface area contributed by atoms with E-state index in [1.165, 1.54) is 7.11 Å². The van der Waals surface area contributed by atoms with Gasteiger partial charge in [0.05, 0.1) is 29.4 Å². The van der Waals surface area contributed by atoms with Crippen molar-refractivity contribution in [2.45, 2.75) is 0 Å². The number of hydrogen-bond acceptors (Lipinski definition) is 4. The summed E-state index contributed by atoms with van der Waals surface area (Å²) in [6.07, 6.45) is 0. The third-order valence-corrected chi connectivity index (χ3v) is 4.53. The Morgan fingerprint density at radius 2 is 1.70 bits per heavy atom. The first-order valence-electron chi connectivity index (χ1n) is 8.33. The lowest BCUT2D eigenvalue weighted by atomic mass is 9.98. The molecule has 0 amide bonds. The molecule has 0 atom stereocenters. The van der Waals surface area contributed by atoms with Crippen molar-refractivity contribution >= 4 is 33.6 Å². The van der Waals surface area contributed by atoms with Crippen LogP contribution in [-0.4, -0.2) is 29.1 Å². The summed E-state index contributed by atoms with van der Waals surface area (Å²) in [4.78, 5) is 28.2. The molecule has 1 N–H and O–H groups in total. The second-order valence-corrected chi connectivity index (χ2v) is 6.11. The Morgan fingerprint density at radius 3 is 2.41 bits per heavy atom. The summed E-state index contributed by atoms with van der Waals surface area (Å²) < 4.78 is 4.70. The summed E-state index contributed by atoms with van der Waals surface area (Å²) in [6.45, 7) is 0. The number of nitrogens with zero attached hydrogens (tertiary/aromatic N) is 1. The van der Waals surface area contributed by atoms with Crippen molar-refractivity contribution in [1.82, 2.24) is 4.98 Å². The predicted molar refractivity (Wildman–Crippen MR) is 103 cm³/mol. The van der Waals surface area contributed by atoms with Gasteiger partial charge in [-0.1, -0.05) is 42.5 Å². The number of hydrogen-bond donors (Lipinski definition) is 1. The molecule has 1 heterocycles. The maximum atomic E-state index is 11.9. The molecule has 0 fully saturated rings. The average Bonchev–Trinajstić information content (AvgIpc) is 2.72. The Bertz CT molecular complexity index is 1200. The van der Waals surface area contributed by atoms with E-state index in [1.807, 2.05) is 36.4 Å². The first-order chi connectivity index (χ1) is 13.1. The van der Waals surface area contributed by atoms with Gasteiger partial charge in [0.25, 0.3) is 0 Å². The Kier molecular flexibility index (Phi) is 4.05. The van der Waals surface area contributed by atoms with Crippen molar-refractivity contribution in [2.75, 3.05) is 7.11 Å². The highest BCUT2D eigenvalue weighted by Crippen LogP contribution is 2.31. The molecule has 1 aromatic heterocycles. The van der Waals surface area contributed by atoms with Crippen LogP contribution < -0.4 is 0 Å². The van der Waals surface area contributed by atoms with Gasteiger partial charge in [0.2, 0.25) is 0 Å². The monoisotopic (exact) mass is 357 g/mol. The van der Waals surface area contributed by atoms with Crippen LogP contribution >= 0.6 is 0 Å². The van der Waals surface area contributed by atoms with Crippen molar-refractivity contribution < 1.29 is 19.4 Å². The van der Waals surface area contributed by atoms with Gasteiger partial charge in [-0.25, -0.2) is 14.6 Å². The van der Waals surface area contributed by atoms with Crippen LogP contribution in [0.3, 0.4) is 0 Å². The number of esters is 1. The van der Waals surface area contributed by atoms with E-state index in [0.29, 0.717) is 22.2 Å². The van der Waals surface area contributed by atoms with E-state index in [0.717, 1.165) is 16.3 Å². The number of aromatic nitrogens is 1. The molecule has 5 nitrogen and oxygen atoms in total. The minimum Gasteiger partial charge on any atom is -0.478 e. The van der Waals surface area contributed by atoms with Crippen LogP contribution in [0.15, 0.2) is 66.7 Å². The molecule has 0 saturated carbocycles. The van der Waals surface area contributed by atoms with Crippen molar-refractivity contribution in [1.29, 1.82) is 0 Å². The number of benzene rings is 3. The lowest BCUT2D eigenvalue weighted by Gasteiger charge is -2.10. The minimum absolute atomic E-state index is 0.198. The van der Waals surface area contributed by atoms with E-state index in [4.69, 9.17) is 4.74 Å². The third-order valence-electron chi connectivity index (χ3n) is 4.53. The molecule has 27 heavy (non-hydrogen) atoms. The third kappa shape index (κ3) is 2.89. The number of rotatable bonds is 3. The minimum atomic E-state index is -1.01. The molecule has 5 heteroatoms. The van der Waals surface area contributed by atoms with Crippen molar-refractivity contribution in [3.05, 3.63) is 77.9 Å². The summed E-state index contributed by atoms with van der Waals surface area (Å²) in [6, 6.07) is 19.7. The first-order valence-corrected chi connectivity index (χ1v) is 8.33. The Labute approximate surface area is 154 Å². The van der Waals surface area contributed by atoms with E-state index in [2.05, 4.69) is 4.98 Å². The second-order valence-electron chi connectivity index (χ2n) is 6.11. The maximum Gasteiger partial charge on any atom is 0.337 e. The normalized spacial score (nSPS) is 10.9. The van der Waals surface area contributed by atoms with Gasteiger partial charge in [0, 0.05) is 10.9 Å². The van der Waals surface area contributed by atoms with Gasteiger partial charge < -0.3 is 9.84 Å². The zero-order valence-electron chi connectivity index (χ0n) is 14.5. The van der Waals surface area contributed by atoms with Crippen LogP contribution in [0.4, 0.5) is 0 Å². The number of carboxylic acids is 1. The highest BCUT2D eigenvalue weighted by atomic mass is 16.5. The summed E-state index contributed by atoms with van der Waals surface area (Å²) >= 11 is 0. The molecule has 0 aliphatic heterocycles. The van der Waals surface area contributed by atoms with E-state index >= 15 is 0 Å². The molecule has 4 rings (SSSR count). The largest absolute Gasteiger partial charge is 0.478 e. The van der Waals surface area contributed by atoms with Crippen LogP contribution in [0.2, 0.25) is 0 Å². The predicted octanol–water partition coefficient (Wildman–Crippen LogP) is 4.54. The number of aromatic carboxylic acids is 1. The fourth-order valence-electron chi connectivity index (χ4n) is 3.22. The van der Waals surface area contributed by atoms with Gasteiger partial charge in [-0.15, -0.1) is 0 Å². The van der Waals surface area contributed by atoms with Gasteiger partial charge in [0.1, 0.15) is 0 Å². The smallest absolute Gasteiger partial charge is 0.337 e. The highest BCUT2D eigenvalue weighted by molar-refractivity contribution is 6.15. The van der Waals surface area contributed by atoms with Crippen molar-refractivity contribution in [3.63, 3.8) is 0 Å². The van der Waals surface area contributed by atoms with E-state index in [-0.39, 0.29) is 5.56 Å². The molecular formula is C22H15NO4. The van der Waals surface area contributed by atoms with Crippen LogP contribution in [-0.2, 0) is 4.74 Å². The number of methoxy groups -OCH3 is 1. The topological polar surface area (TPSA) is 76.5 Å². The van der Waals surface area contributed by atoms with Gasteiger partial charge >= 0.3 is 11.9 Å². The van der Waals surface area contributed by atoms with E-state index in [1.54, 1.807) is 30.3 Å². The number of carboxylic acid groups (broad SMARTS) is 1. The average molecular weight is 357 g/mol. The summed E-state index contributed by atoms with van der Waals surface area (Å²) in [5.41, 5.74) is 2.49. The summed E-state index contributed by atoms with van der Waals surface area (Å²) in [5, 5.41) is 12.2. The van der Waals surface area contributed by atoms with Gasteiger partial charge in [-0.2, -0.15) is 0 Å². The molecule has 0 radical (unpaired) electrons. The van der Waals surface area contributed by atoms with Crippen molar-refractivity contribution in [3.8, 4) is 11.3 Å². The molecular weight excluding hydrogens is 342 g/mol. The standard InChI is InChI=1S/C22H15NO4/c1-27-22(26)15-8-6-14(7-9-15)19-12-17(21(24)25)20-16-5-3-2-4-13(16)10-11-18(20)23-19/h2-12H,1H3,(H,24,25). The number of carbonyl (C=O) groups excluding carboxylic acids is 1. The molecule has 3 aromatic carbocycles. The Balaban J connectivity index is 1.94. The number of ether oxygens (including phenoxy) is 1. The number of carbonyl (C=O) groups is 2. The highest BCUT2D eigenvalue weighted by Gasteiger charge is 2.16. The van der Waals surface area contributed by atoms with Crippen LogP contribution in [0, 0.1) is 0 Å².